The quantitative estimate of drug-likeness (QED) is 0.667. The summed E-state index contributed by atoms with van der Waals surface area (Å²) in [5, 5.41) is 0. The largest absolute Gasteiger partial charge is 0.243 e. The molecule has 0 saturated heterocycles. The highest BCUT2D eigenvalue weighted by Crippen LogP contribution is 2.06. The summed E-state index contributed by atoms with van der Waals surface area (Å²) in [6, 6.07) is 0. The molecule has 10 heavy (non-hydrogen) atoms. The average Bonchev–Trinajstić information content (AvgIpc) is 1.87. The van der Waals surface area contributed by atoms with Crippen molar-refractivity contribution in [3.05, 3.63) is 0 Å². The Hall–Kier alpha value is 0.110. The molecule has 0 amide bonds. The standard InChI is InChI=1S/C7H17NOS/c1-5-7(3,4)8-10(9)6-2/h8H,5-6H2,1-4H3. The van der Waals surface area contributed by atoms with Crippen LogP contribution in [0.2, 0.25) is 0 Å². The minimum atomic E-state index is -0.846. The number of hydrogen-bond donors (Lipinski definition) is 1. The lowest BCUT2D eigenvalue weighted by Gasteiger charge is -2.22. The molecular weight excluding hydrogens is 146 g/mol. The van der Waals surface area contributed by atoms with Gasteiger partial charge in [0.1, 0.15) is 0 Å². The summed E-state index contributed by atoms with van der Waals surface area (Å²) in [5.74, 6) is 0.684. The molecule has 0 saturated carbocycles. The van der Waals surface area contributed by atoms with Crippen molar-refractivity contribution in [2.45, 2.75) is 39.7 Å². The average molecular weight is 163 g/mol. The maximum Gasteiger partial charge on any atom is 0.0917 e. The lowest BCUT2D eigenvalue weighted by atomic mass is 10.0. The van der Waals surface area contributed by atoms with Gasteiger partial charge in [-0.05, 0) is 20.3 Å². The topological polar surface area (TPSA) is 29.1 Å². The second-order valence-electron chi connectivity index (χ2n) is 2.97. The van der Waals surface area contributed by atoms with E-state index in [1.807, 2.05) is 6.92 Å². The molecule has 0 aromatic heterocycles. The van der Waals surface area contributed by atoms with Crippen LogP contribution >= 0.6 is 0 Å². The lowest BCUT2D eigenvalue weighted by molar-refractivity contribution is 0.455. The SMILES string of the molecule is CCS(=O)NC(C)(C)CC. The van der Waals surface area contributed by atoms with Gasteiger partial charge in [0.15, 0.2) is 0 Å². The van der Waals surface area contributed by atoms with E-state index in [0.717, 1.165) is 6.42 Å². The van der Waals surface area contributed by atoms with Crippen LogP contribution < -0.4 is 4.72 Å². The summed E-state index contributed by atoms with van der Waals surface area (Å²) in [5.41, 5.74) is 0.0148. The van der Waals surface area contributed by atoms with E-state index < -0.39 is 11.0 Å². The highest BCUT2D eigenvalue weighted by molar-refractivity contribution is 7.83. The smallest absolute Gasteiger partial charge is 0.0917 e. The van der Waals surface area contributed by atoms with Crippen molar-refractivity contribution in [1.82, 2.24) is 4.72 Å². The molecule has 2 nitrogen and oxygen atoms in total. The Morgan fingerprint density at radius 2 is 1.90 bits per heavy atom. The summed E-state index contributed by atoms with van der Waals surface area (Å²) in [6.07, 6.45) is 0.999. The predicted octanol–water partition coefficient (Wildman–Crippen LogP) is 1.45. The van der Waals surface area contributed by atoms with Crippen LogP contribution in [0.3, 0.4) is 0 Å². The summed E-state index contributed by atoms with van der Waals surface area (Å²) in [4.78, 5) is 0. The monoisotopic (exact) mass is 163 g/mol. The zero-order chi connectivity index (χ0) is 8.20. The number of hydrogen-bond acceptors (Lipinski definition) is 1. The molecule has 0 heterocycles. The van der Waals surface area contributed by atoms with Crippen LogP contribution in [-0.4, -0.2) is 15.5 Å². The van der Waals surface area contributed by atoms with Gasteiger partial charge in [0.25, 0.3) is 0 Å². The number of rotatable bonds is 4. The Balaban J connectivity index is 3.76. The normalized spacial score (nSPS) is 15.2. The second kappa shape index (κ2) is 4.09. The van der Waals surface area contributed by atoms with E-state index in [4.69, 9.17) is 0 Å². The third-order valence-corrected chi connectivity index (χ3v) is 2.84. The van der Waals surface area contributed by atoms with Crippen molar-refractivity contribution in [3.8, 4) is 0 Å². The fourth-order valence-electron chi connectivity index (χ4n) is 0.453. The van der Waals surface area contributed by atoms with Gasteiger partial charge < -0.3 is 0 Å². The van der Waals surface area contributed by atoms with Crippen LogP contribution in [0.15, 0.2) is 0 Å². The van der Waals surface area contributed by atoms with E-state index in [0.29, 0.717) is 5.75 Å². The maximum absolute atomic E-state index is 11.0. The third kappa shape index (κ3) is 4.01. The van der Waals surface area contributed by atoms with Gasteiger partial charge in [-0.3, -0.25) is 0 Å². The Labute approximate surface area is 66.0 Å². The Bertz CT molecular complexity index is 123. The van der Waals surface area contributed by atoms with E-state index in [1.54, 1.807) is 0 Å². The minimum absolute atomic E-state index is 0.0148. The van der Waals surface area contributed by atoms with Crippen LogP contribution in [0, 0.1) is 0 Å². The fraction of sp³-hybridized carbons (Fsp3) is 1.00. The summed E-state index contributed by atoms with van der Waals surface area (Å²) < 4.78 is 14.0. The molecule has 0 radical (unpaired) electrons. The minimum Gasteiger partial charge on any atom is -0.243 e. The van der Waals surface area contributed by atoms with Crippen LogP contribution in [0.4, 0.5) is 0 Å². The summed E-state index contributed by atoms with van der Waals surface area (Å²) in [7, 11) is -0.846. The molecule has 0 bridgehead atoms. The van der Waals surface area contributed by atoms with Gasteiger partial charge in [-0.25, -0.2) is 8.93 Å². The van der Waals surface area contributed by atoms with Crippen molar-refractivity contribution in [1.29, 1.82) is 0 Å². The van der Waals surface area contributed by atoms with Crippen molar-refractivity contribution in [3.63, 3.8) is 0 Å². The first kappa shape index (κ1) is 10.1. The van der Waals surface area contributed by atoms with Crippen molar-refractivity contribution >= 4 is 11.0 Å². The van der Waals surface area contributed by atoms with Gasteiger partial charge in [0.2, 0.25) is 0 Å². The predicted molar refractivity (Wildman–Crippen MR) is 46.2 cm³/mol. The van der Waals surface area contributed by atoms with E-state index in [9.17, 15) is 4.21 Å². The molecule has 0 aliphatic carbocycles. The molecule has 0 spiro atoms. The summed E-state index contributed by atoms with van der Waals surface area (Å²) in [6.45, 7) is 8.11. The van der Waals surface area contributed by atoms with E-state index >= 15 is 0 Å². The molecule has 1 atom stereocenters. The van der Waals surface area contributed by atoms with Gasteiger partial charge >= 0.3 is 0 Å². The van der Waals surface area contributed by atoms with Crippen LogP contribution in [0.1, 0.15) is 34.1 Å². The Morgan fingerprint density at radius 3 is 2.20 bits per heavy atom. The van der Waals surface area contributed by atoms with E-state index in [1.165, 1.54) is 0 Å². The van der Waals surface area contributed by atoms with Crippen molar-refractivity contribution < 1.29 is 4.21 Å². The zero-order valence-corrected chi connectivity index (χ0v) is 8.05. The van der Waals surface area contributed by atoms with Crippen LogP contribution in [-0.2, 0) is 11.0 Å². The molecule has 3 heteroatoms. The summed E-state index contributed by atoms with van der Waals surface area (Å²) >= 11 is 0. The molecule has 62 valence electrons. The van der Waals surface area contributed by atoms with Gasteiger partial charge in [-0.2, -0.15) is 0 Å². The first-order valence-electron chi connectivity index (χ1n) is 3.68. The maximum atomic E-state index is 11.0. The van der Waals surface area contributed by atoms with Gasteiger partial charge in [0.05, 0.1) is 11.0 Å². The van der Waals surface area contributed by atoms with Gasteiger partial charge in [-0.1, -0.05) is 13.8 Å². The Kier molecular flexibility index (Phi) is 4.13. The first-order chi connectivity index (χ1) is 4.52. The van der Waals surface area contributed by atoms with E-state index in [2.05, 4.69) is 25.5 Å². The van der Waals surface area contributed by atoms with Gasteiger partial charge in [-0.15, -0.1) is 0 Å². The molecule has 1 unspecified atom stereocenters. The zero-order valence-electron chi connectivity index (χ0n) is 7.23. The van der Waals surface area contributed by atoms with Crippen molar-refractivity contribution in [2.75, 3.05) is 5.75 Å². The molecule has 0 aliphatic heterocycles. The molecular formula is C7H17NOS. The second-order valence-corrected chi connectivity index (χ2v) is 4.45. The number of nitrogens with one attached hydrogen (secondary N) is 1. The highest BCUT2D eigenvalue weighted by Gasteiger charge is 2.15. The molecule has 1 N–H and O–H groups in total. The molecule has 0 rings (SSSR count). The molecule has 0 fully saturated rings. The first-order valence-corrected chi connectivity index (χ1v) is 5.00. The Morgan fingerprint density at radius 1 is 1.40 bits per heavy atom. The molecule has 0 aromatic carbocycles. The fourth-order valence-corrected chi connectivity index (χ4v) is 1.36. The van der Waals surface area contributed by atoms with Crippen LogP contribution in [0.25, 0.3) is 0 Å². The molecule has 0 aromatic rings. The third-order valence-electron chi connectivity index (χ3n) is 1.54. The lowest BCUT2D eigenvalue weighted by Crippen LogP contribution is -2.40. The van der Waals surface area contributed by atoms with Crippen LogP contribution in [0.5, 0.6) is 0 Å². The van der Waals surface area contributed by atoms with E-state index in [-0.39, 0.29) is 5.54 Å². The molecule has 0 aliphatic rings. The van der Waals surface area contributed by atoms with Gasteiger partial charge in [0, 0.05) is 11.3 Å². The highest BCUT2D eigenvalue weighted by atomic mass is 32.2. The van der Waals surface area contributed by atoms with Crippen molar-refractivity contribution in [2.24, 2.45) is 0 Å².